The fourth-order valence-corrected chi connectivity index (χ4v) is 3.00. The molecule has 0 unspecified atom stereocenters. The number of aromatic nitrogens is 3. The lowest BCUT2D eigenvalue weighted by atomic mass is 10.2. The first-order valence-corrected chi connectivity index (χ1v) is 8.18. The van der Waals surface area contributed by atoms with E-state index in [1.165, 1.54) is 4.68 Å². The second kappa shape index (κ2) is 6.75. The maximum absolute atomic E-state index is 12.6. The van der Waals surface area contributed by atoms with Crippen molar-refractivity contribution >= 4 is 22.5 Å². The summed E-state index contributed by atoms with van der Waals surface area (Å²) in [7, 11) is 0. The van der Waals surface area contributed by atoms with E-state index >= 15 is 0 Å². The molecule has 1 aromatic carbocycles. The van der Waals surface area contributed by atoms with Crippen LogP contribution >= 0.6 is 11.6 Å². The molecule has 0 aliphatic rings. The van der Waals surface area contributed by atoms with Gasteiger partial charge in [0.25, 0.3) is 5.56 Å². The van der Waals surface area contributed by atoms with Gasteiger partial charge in [0.1, 0.15) is 5.76 Å². The van der Waals surface area contributed by atoms with Gasteiger partial charge in [-0.3, -0.25) is 9.69 Å². The van der Waals surface area contributed by atoms with Crippen molar-refractivity contribution in [2.75, 3.05) is 6.54 Å². The largest absolute Gasteiger partial charge is 0.360 e. The van der Waals surface area contributed by atoms with Gasteiger partial charge in [0.05, 0.1) is 17.7 Å². The minimum absolute atomic E-state index is 0.239. The molecule has 0 aliphatic carbocycles. The van der Waals surface area contributed by atoms with Gasteiger partial charge in [0.2, 0.25) is 0 Å². The number of nitrogens with zero attached hydrogens (tertiary/aromatic N) is 4. The standard InChI is InChI=1S/C17H19ClN4O2/c1-4-21(9-13-6-5-7-14(18)8-13)10-22-17(23)16-15(11(2)19-22)12(3)24-20-16/h5-8H,4,9-10H2,1-3H3. The molecule has 3 aromatic rings. The molecule has 0 fully saturated rings. The van der Waals surface area contributed by atoms with Crippen LogP contribution in [0.4, 0.5) is 0 Å². The Balaban J connectivity index is 1.90. The Morgan fingerprint density at radius 3 is 2.83 bits per heavy atom. The minimum atomic E-state index is -0.239. The first-order valence-electron chi connectivity index (χ1n) is 7.80. The molecule has 0 amide bonds. The molecule has 3 rings (SSSR count). The predicted octanol–water partition coefficient (Wildman–Crippen LogP) is 3.13. The van der Waals surface area contributed by atoms with Crippen LogP contribution in [0.25, 0.3) is 10.9 Å². The second-order valence-corrected chi connectivity index (χ2v) is 6.21. The topological polar surface area (TPSA) is 64.2 Å². The van der Waals surface area contributed by atoms with Gasteiger partial charge in [-0.2, -0.15) is 5.10 Å². The third kappa shape index (κ3) is 3.20. The monoisotopic (exact) mass is 346 g/mol. The van der Waals surface area contributed by atoms with Crippen molar-refractivity contribution in [1.82, 2.24) is 19.8 Å². The molecule has 0 spiro atoms. The lowest BCUT2D eigenvalue weighted by Crippen LogP contribution is -2.34. The van der Waals surface area contributed by atoms with E-state index in [1.54, 1.807) is 6.92 Å². The smallest absolute Gasteiger partial charge is 0.298 e. The highest BCUT2D eigenvalue weighted by Gasteiger charge is 2.16. The molecular weight excluding hydrogens is 328 g/mol. The van der Waals surface area contributed by atoms with E-state index in [2.05, 4.69) is 15.2 Å². The van der Waals surface area contributed by atoms with Crippen LogP contribution in [0.3, 0.4) is 0 Å². The number of benzene rings is 1. The normalized spacial score (nSPS) is 11.5. The van der Waals surface area contributed by atoms with Crippen LogP contribution in [0.15, 0.2) is 33.6 Å². The number of hydrogen-bond acceptors (Lipinski definition) is 5. The summed E-state index contributed by atoms with van der Waals surface area (Å²) in [6, 6.07) is 7.71. The van der Waals surface area contributed by atoms with Gasteiger partial charge < -0.3 is 4.52 Å². The molecule has 2 aromatic heterocycles. The summed E-state index contributed by atoms with van der Waals surface area (Å²) in [6.07, 6.45) is 0. The van der Waals surface area contributed by atoms with Gasteiger partial charge in [-0.05, 0) is 38.1 Å². The van der Waals surface area contributed by atoms with Gasteiger partial charge in [-0.1, -0.05) is 35.8 Å². The first-order chi connectivity index (χ1) is 11.5. The van der Waals surface area contributed by atoms with Crippen LogP contribution in [0.1, 0.15) is 23.9 Å². The molecule has 0 atom stereocenters. The number of fused-ring (bicyclic) bond motifs is 1. The molecule has 0 saturated heterocycles. The molecule has 0 radical (unpaired) electrons. The number of hydrogen-bond donors (Lipinski definition) is 0. The van der Waals surface area contributed by atoms with Gasteiger partial charge in [0.15, 0.2) is 5.52 Å². The fraction of sp³-hybridized carbons (Fsp3) is 0.353. The molecule has 7 heteroatoms. The summed E-state index contributed by atoms with van der Waals surface area (Å²) in [6.45, 7) is 7.52. The average Bonchev–Trinajstić information content (AvgIpc) is 2.94. The number of halogens is 1. The summed E-state index contributed by atoms with van der Waals surface area (Å²) in [5, 5.41) is 9.71. The van der Waals surface area contributed by atoms with Crippen LogP contribution in [0.2, 0.25) is 5.02 Å². The third-order valence-corrected chi connectivity index (χ3v) is 4.24. The van der Waals surface area contributed by atoms with Crippen molar-refractivity contribution < 1.29 is 4.52 Å². The highest BCUT2D eigenvalue weighted by Crippen LogP contribution is 2.17. The zero-order valence-corrected chi connectivity index (χ0v) is 14.7. The Morgan fingerprint density at radius 2 is 2.12 bits per heavy atom. The summed E-state index contributed by atoms with van der Waals surface area (Å²) < 4.78 is 6.58. The minimum Gasteiger partial charge on any atom is -0.360 e. The van der Waals surface area contributed by atoms with Gasteiger partial charge in [0, 0.05) is 11.6 Å². The molecule has 126 valence electrons. The van der Waals surface area contributed by atoms with Crippen molar-refractivity contribution in [2.45, 2.75) is 34.0 Å². The Kier molecular flexibility index (Phi) is 4.69. The first kappa shape index (κ1) is 16.7. The quantitative estimate of drug-likeness (QED) is 0.710. The zero-order valence-electron chi connectivity index (χ0n) is 13.9. The van der Waals surface area contributed by atoms with E-state index in [0.29, 0.717) is 34.9 Å². The Labute approximate surface area is 144 Å². The predicted molar refractivity (Wildman–Crippen MR) is 93.1 cm³/mol. The summed E-state index contributed by atoms with van der Waals surface area (Å²) in [5.41, 5.74) is 1.92. The third-order valence-electron chi connectivity index (χ3n) is 4.01. The van der Waals surface area contributed by atoms with Gasteiger partial charge in [-0.15, -0.1) is 0 Å². The van der Waals surface area contributed by atoms with E-state index in [0.717, 1.165) is 17.8 Å². The van der Waals surface area contributed by atoms with E-state index in [1.807, 2.05) is 38.1 Å². The Bertz CT molecular complexity index is 932. The van der Waals surface area contributed by atoms with E-state index in [9.17, 15) is 4.79 Å². The zero-order chi connectivity index (χ0) is 17.3. The molecule has 0 aliphatic heterocycles. The SMILES string of the molecule is CCN(Cc1cccc(Cl)c1)Cn1nc(C)c2c(C)onc2c1=O. The second-order valence-electron chi connectivity index (χ2n) is 5.77. The van der Waals surface area contributed by atoms with Crippen LogP contribution in [-0.4, -0.2) is 26.4 Å². The van der Waals surface area contributed by atoms with Crippen LogP contribution in [0, 0.1) is 13.8 Å². The maximum Gasteiger partial charge on any atom is 0.298 e. The Hall–Kier alpha value is -2.18. The highest BCUT2D eigenvalue weighted by atomic mass is 35.5. The summed E-state index contributed by atoms with van der Waals surface area (Å²) in [5.74, 6) is 0.616. The molecule has 0 N–H and O–H groups in total. The van der Waals surface area contributed by atoms with Crippen molar-refractivity contribution in [3.63, 3.8) is 0 Å². The van der Waals surface area contributed by atoms with E-state index < -0.39 is 0 Å². The van der Waals surface area contributed by atoms with E-state index in [-0.39, 0.29) is 5.56 Å². The van der Waals surface area contributed by atoms with Crippen molar-refractivity contribution in [2.24, 2.45) is 0 Å². The van der Waals surface area contributed by atoms with Crippen molar-refractivity contribution in [3.05, 3.63) is 56.7 Å². The maximum atomic E-state index is 12.6. The van der Waals surface area contributed by atoms with Crippen LogP contribution in [-0.2, 0) is 13.2 Å². The lowest BCUT2D eigenvalue weighted by Gasteiger charge is -2.21. The summed E-state index contributed by atoms with van der Waals surface area (Å²) >= 11 is 6.04. The van der Waals surface area contributed by atoms with E-state index in [4.69, 9.17) is 16.1 Å². The lowest BCUT2D eigenvalue weighted by molar-refractivity contribution is 0.204. The summed E-state index contributed by atoms with van der Waals surface area (Å²) in [4.78, 5) is 14.7. The molecule has 0 saturated carbocycles. The number of rotatable bonds is 5. The molecule has 0 bridgehead atoms. The van der Waals surface area contributed by atoms with Crippen LogP contribution in [0.5, 0.6) is 0 Å². The molecule has 24 heavy (non-hydrogen) atoms. The van der Waals surface area contributed by atoms with Crippen molar-refractivity contribution in [1.29, 1.82) is 0 Å². The van der Waals surface area contributed by atoms with Crippen molar-refractivity contribution in [3.8, 4) is 0 Å². The highest BCUT2D eigenvalue weighted by molar-refractivity contribution is 6.30. The van der Waals surface area contributed by atoms with Crippen LogP contribution < -0.4 is 5.56 Å². The number of aryl methyl sites for hydroxylation is 2. The molecule has 6 nitrogen and oxygen atoms in total. The van der Waals surface area contributed by atoms with Gasteiger partial charge in [-0.25, -0.2) is 4.68 Å². The Morgan fingerprint density at radius 1 is 1.33 bits per heavy atom. The molecular formula is C17H19ClN4O2. The van der Waals surface area contributed by atoms with Gasteiger partial charge >= 0.3 is 0 Å². The average molecular weight is 347 g/mol. The fourth-order valence-electron chi connectivity index (χ4n) is 2.78. The molecule has 2 heterocycles.